The normalized spacial score (nSPS) is 23.6. The summed E-state index contributed by atoms with van der Waals surface area (Å²) >= 11 is 0. The van der Waals surface area contributed by atoms with Crippen LogP contribution in [0.15, 0.2) is 24.3 Å². The number of aryl methyl sites for hydroxylation is 1. The van der Waals surface area contributed by atoms with E-state index >= 15 is 0 Å². The maximum Gasteiger partial charge on any atom is 0.307 e. The molecule has 1 aliphatic rings. The maximum absolute atomic E-state index is 12.5. The summed E-state index contributed by atoms with van der Waals surface area (Å²) in [6.45, 7) is 1.89. The molecule has 0 aliphatic heterocycles. The van der Waals surface area contributed by atoms with Crippen molar-refractivity contribution in [3.63, 3.8) is 0 Å². The smallest absolute Gasteiger partial charge is 0.307 e. The van der Waals surface area contributed by atoms with Gasteiger partial charge in [0.1, 0.15) is 0 Å². The summed E-state index contributed by atoms with van der Waals surface area (Å²) in [4.78, 5) is 23.7. The summed E-state index contributed by atoms with van der Waals surface area (Å²) in [5.41, 5.74) is 1.60. The van der Waals surface area contributed by atoms with Crippen LogP contribution in [0, 0.1) is 18.8 Å². The molecule has 1 aliphatic carbocycles. The van der Waals surface area contributed by atoms with Crippen LogP contribution in [-0.2, 0) is 4.79 Å². The van der Waals surface area contributed by atoms with Crippen LogP contribution < -0.4 is 0 Å². The van der Waals surface area contributed by atoms with Gasteiger partial charge in [-0.15, -0.1) is 0 Å². The van der Waals surface area contributed by atoms with E-state index in [1.54, 1.807) is 6.07 Å². The second-order valence-corrected chi connectivity index (χ2v) is 5.01. The summed E-state index contributed by atoms with van der Waals surface area (Å²) in [7, 11) is 0. The van der Waals surface area contributed by atoms with E-state index in [1.807, 2.05) is 25.1 Å². The van der Waals surface area contributed by atoms with Gasteiger partial charge in [0.25, 0.3) is 0 Å². The topological polar surface area (TPSA) is 54.4 Å². The molecule has 1 aromatic carbocycles. The van der Waals surface area contributed by atoms with Crippen LogP contribution in [0.4, 0.5) is 0 Å². The fourth-order valence-electron chi connectivity index (χ4n) is 2.79. The summed E-state index contributed by atoms with van der Waals surface area (Å²) in [5.74, 6) is -1.69. The molecule has 3 heteroatoms. The van der Waals surface area contributed by atoms with E-state index in [4.69, 9.17) is 0 Å². The molecule has 0 saturated heterocycles. The number of aliphatic carboxylic acids is 1. The lowest BCUT2D eigenvalue weighted by Crippen LogP contribution is -2.33. The lowest BCUT2D eigenvalue weighted by atomic mass is 9.75. The van der Waals surface area contributed by atoms with Gasteiger partial charge in [-0.25, -0.2) is 0 Å². The lowest BCUT2D eigenvalue weighted by Gasteiger charge is -2.27. The molecule has 18 heavy (non-hydrogen) atoms. The van der Waals surface area contributed by atoms with Crippen molar-refractivity contribution in [2.45, 2.75) is 32.6 Å². The van der Waals surface area contributed by atoms with Crippen molar-refractivity contribution in [3.8, 4) is 0 Å². The first-order valence-corrected chi connectivity index (χ1v) is 6.44. The van der Waals surface area contributed by atoms with Crippen molar-refractivity contribution in [1.29, 1.82) is 0 Å². The predicted octanol–water partition coefficient (Wildman–Crippen LogP) is 3.07. The maximum atomic E-state index is 12.5. The zero-order valence-corrected chi connectivity index (χ0v) is 10.6. The van der Waals surface area contributed by atoms with E-state index in [1.165, 1.54) is 0 Å². The molecule has 1 N–H and O–H groups in total. The fraction of sp³-hybridized carbons (Fsp3) is 0.467. The van der Waals surface area contributed by atoms with Crippen molar-refractivity contribution >= 4 is 11.8 Å². The first-order valence-electron chi connectivity index (χ1n) is 6.44. The van der Waals surface area contributed by atoms with Gasteiger partial charge in [0.15, 0.2) is 5.78 Å². The predicted molar refractivity (Wildman–Crippen MR) is 68.6 cm³/mol. The van der Waals surface area contributed by atoms with E-state index in [-0.39, 0.29) is 11.7 Å². The third-order valence-corrected chi connectivity index (χ3v) is 3.83. The molecule has 0 heterocycles. The van der Waals surface area contributed by atoms with Gasteiger partial charge in [-0.2, -0.15) is 0 Å². The highest BCUT2D eigenvalue weighted by atomic mass is 16.4. The minimum Gasteiger partial charge on any atom is -0.481 e. The average molecular weight is 246 g/mol. The van der Waals surface area contributed by atoms with E-state index in [0.717, 1.165) is 18.4 Å². The number of hydrogen-bond donors (Lipinski definition) is 1. The highest BCUT2D eigenvalue weighted by Crippen LogP contribution is 2.33. The highest BCUT2D eigenvalue weighted by molar-refractivity contribution is 6.01. The van der Waals surface area contributed by atoms with Gasteiger partial charge in [-0.3, -0.25) is 9.59 Å². The molecule has 0 bridgehead atoms. The number of ketones is 1. The molecule has 1 aromatic rings. The van der Waals surface area contributed by atoms with E-state index in [9.17, 15) is 14.7 Å². The van der Waals surface area contributed by atoms with Gasteiger partial charge in [0.2, 0.25) is 0 Å². The number of carboxylic acids is 1. The molecule has 2 rings (SSSR count). The SMILES string of the molecule is Cc1ccccc1C(=O)C1CCCCC1C(=O)O. The third kappa shape index (κ3) is 2.45. The van der Waals surface area contributed by atoms with Crippen molar-refractivity contribution in [2.24, 2.45) is 11.8 Å². The standard InChI is InChI=1S/C15H18O3/c1-10-6-2-3-7-11(10)14(16)12-8-4-5-9-13(12)15(17)18/h2-3,6-7,12-13H,4-5,8-9H2,1H3,(H,17,18). The molecule has 0 aromatic heterocycles. The van der Waals surface area contributed by atoms with Crippen LogP contribution in [0.5, 0.6) is 0 Å². The van der Waals surface area contributed by atoms with Crippen LogP contribution in [0.3, 0.4) is 0 Å². The number of rotatable bonds is 3. The van der Waals surface area contributed by atoms with Crippen molar-refractivity contribution in [1.82, 2.24) is 0 Å². The van der Waals surface area contributed by atoms with Crippen LogP contribution in [-0.4, -0.2) is 16.9 Å². The summed E-state index contributed by atoms with van der Waals surface area (Å²) in [5, 5.41) is 9.22. The molecule has 0 spiro atoms. The molecule has 0 radical (unpaired) electrons. The Balaban J connectivity index is 2.27. The minimum atomic E-state index is -0.832. The Bertz CT molecular complexity index is 465. The summed E-state index contributed by atoms with van der Waals surface area (Å²) < 4.78 is 0. The van der Waals surface area contributed by atoms with Gasteiger partial charge in [0.05, 0.1) is 5.92 Å². The molecule has 96 valence electrons. The highest BCUT2D eigenvalue weighted by Gasteiger charge is 2.36. The van der Waals surface area contributed by atoms with Gasteiger partial charge in [-0.05, 0) is 25.3 Å². The van der Waals surface area contributed by atoms with Gasteiger partial charge in [0, 0.05) is 11.5 Å². The molecular formula is C15H18O3. The summed E-state index contributed by atoms with van der Waals surface area (Å²) in [6, 6.07) is 7.41. The number of hydrogen-bond acceptors (Lipinski definition) is 2. The van der Waals surface area contributed by atoms with Crippen LogP contribution in [0.2, 0.25) is 0 Å². The van der Waals surface area contributed by atoms with Gasteiger partial charge < -0.3 is 5.11 Å². The van der Waals surface area contributed by atoms with Gasteiger partial charge in [-0.1, -0.05) is 37.1 Å². The van der Waals surface area contributed by atoms with E-state index in [0.29, 0.717) is 18.4 Å². The second-order valence-electron chi connectivity index (χ2n) is 5.01. The Morgan fingerprint density at radius 3 is 2.33 bits per heavy atom. The molecule has 2 unspecified atom stereocenters. The molecule has 1 fully saturated rings. The van der Waals surface area contributed by atoms with E-state index in [2.05, 4.69) is 0 Å². The quantitative estimate of drug-likeness (QED) is 0.834. The summed E-state index contributed by atoms with van der Waals surface area (Å²) in [6.07, 6.45) is 3.18. The number of Topliss-reactive ketones (excluding diaryl/α,β-unsaturated/α-hetero) is 1. The molecule has 1 saturated carbocycles. The number of benzene rings is 1. The number of carbonyl (C=O) groups is 2. The average Bonchev–Trinajstić information content (AvgIpc) is 2.38. The zero-order valence-electron chi connectivity index (χ0n) is 10.6. The van der Waals surface area contributed by atoms with Crippen molar-refractivity contribution in [2.75, 3.05) is 0 Å². The Morgan fingerprint density at radius 1 is 1.11 bits per heavy atom. The largest absolute Gasteiger partial charge is 0.481 e. The molecule has 2 atom stereocenters. The minimum absolute atomic E-state index is 0.000185. The molecular weight excluding hydrogens is 228 g/mol. The first kappa shape index (κ1) is 12.8. The first-order chi connectivity index (χ1) is 8.61. The van der Waals surface area contributed by atoms with Crippen LogP contribution in [0.25, 0.3) is 0 Å². The van der Waals surface area contributed by atoms with Crippen LogP contribution >= 0.6 is 0 Å². The Kier molecular flexibility index (Phi) is 3.80. The third-order valence-electron chi connectivity index (χ3n) is 3.83. The molecule has 0 amide bonds. The second kappa shape index (κ2) is 5.34. The number of carboxylic acid groups (broad SMARTS) is 1. The Hall–Kier alpha value is -1.64. The zero-order chi connectivity index (χ0) is 13.1. The van der Waals surface area contributed by atoms with Crippen molar-refractivity contribution < 1.29 is 14.7 Å². The Morgan fingerprint density at radius 2 is 1.72 bits per heavy atom. The Labute approximate surface area is 107 Å². The van der Waals surface area contributed by atoms with Gasteiger partial charge >= 0.3 is 5.97 Å². The fourth-order valence-corrected chi connectivity index (χ4v) is 2.79. The van der Waals surface area contributed by atoms with E-state index < -0.39 is 11.9 Å². The monoisotopic (exact) mass is 246 g/mol. The van der Waals surface area contributed by atoms with Crippen LogP contribution in [0.1, 0.15) is 41.6 Å². The molecule has 3 nitrogen and oxygen atoms in total. The number of carbonyl (C=O) groups excluding carboxylic acids is 1. The lowest BCUT2D eigenvalue weighted by molar-refractivity contribution is -0.144. The van der Waals surface area contributed by atoms with Crippen molar-refractivity contribution in [3.05, 3.63) is 35.4 Å².